The Hall–Kier alpha value is -1.61. The first-order valence-electron chi connectivity index (χ1n) is 7.31. The van der Waals surface area contributed by atoms with Crippen LogP contribution in [0.3, 0.4) is 0 Å². The Balaban J connectivity index is 2.17. The third kappa shape index (κ3) is 4.94. The zero-order chi connectivity index (χ0) is 17.9. The average molecular weight is 458 g/mol. The highest BCUT2D eigenvalue weighted by Crippen LogP contribution is 2.21. The monoisotopic (exact) mass is 458 g/mol. The van der Waals surface area contributed by atoms with E-state index in [0.29, 0.717) is 11.3 Å². The highest BCUT2D eigenvalue weighted by Gasteiger charge is 2.15. The quantitative estimate of drug-likeness (QED) is 0.674. The molecule has 2 aromatic rings. The number of nitrogens with one attached hydrogen (secondary N) is 2. The standard InChI is InChI=1S/C17H19IN2O3S/c1-11-6-4-9-15(16(11)18)17(21)19-12(2)13-7-5-8-14(10-13)20-24(3,22)23/h4-10,12,20H,1-3H3,(H,19,21). The van der Waals surface area contributed by atoms with Crippen molar-refractivity contribution in [2.75, 3.05) is 11.0 Å². The Bertz CT molecular complexity index is 866. The van der Waals surface area contributed by atoms with E-state index in [-0.39, 0.29) is 11.9 Å². The van der Waals surface area contributed by atoms with Crippen LogP contribution in [0.2, 0.25) is 0 Å². The van der Waals surface area contributed by atoms with Crippen molar-refractivity contribution in [3.8, 4) is 0 Å². The fraction of sp³-hybridized carbons (Fsp3) is 0.235. The normalized spacial score (nSPS) is 12.5. The summed E-state index contributed by atoms with van der Waals surface area (Å²) in [5, 5.41) is 2.95. The molecule has 1 atom stereocenters. The zero-order valence-electron chi connectivity index (χ0n) is 13.6. The van der Waals surface area contributed by atoms with Crippen molar-refractivity contribution < 1.29 is 13.2 Å². The van der Waals surface area contributed by atoms with E-state index < -0.39 is 10.0 Å². The van der Waals surface area contributed by atoms with Gasteiger partial charge in [-0.25, -0.2) is 8.42 Å². The number of rotatable bonds is 5. The van der Waals surface area contributed by atoms with Crippen LogP contribution in [0.5, 0.6) is 0 Å². The summed E-state index contributed by atoms with van der Waals surface area (Å²) in [5.74, 6) is -0.155. The fourth-order valence-corrected chi connectivity index (χ4v) is 3.43. The van der Waals surface area contributed by atoms with Crippen LogP contribution < -0.4 is 10.0 Å². The molecule has 0 aliphatic heterocycles. The van der Waals surface area contributed by atoms with Gasteiger partial charge in [0.25, 0.3) is 5.91 Å². The van der Waals surface area contributed by atoms with Crippen LogP contribution in [0.25, 0.3) is 0 Å². The smallest absolute Gasteiger partial charge is 0.252 e. The zero-order valence-corrected chi connectivity index (χ0v) is 16.6. The number of carbonyl (C=O) groups excluding carboxylic acids is 1. The topological polar surface area (TPSA) is 75.3 Å². The van der Waals surface area contributed by atoms with Crippen LogP contribution >= 0.6 is 22.6 Å². The Morgan fingerprint density at radius 2 is 1.83 bits per heavy atom. The number of hydrogen-bond donors (Lipinski definition) is 2. The van der Waals surface area contributed by atoms with E-state index >= 15 is 0 Å². The predicted octanol–water partition coefficient (Wildman–Crippen LogP) is 3.46. The van der Waals surface area contributed by atoms with E-state index in [4.69, 9.17) is 0 Å². The van der Waals surface area contributed by atoms with E-state index in [9.17, 15) is 13.2 Å². The summed E-state index contributed by atoms with van der Waals surface area (Å²) in [7, 11) is -3.33. The van der Waals surface area contributed by atoms with Gasteiger partial charge in [0, 0.05) is 9.26 Å². The summed E-state index contributed by atoms with van der Waals surface area (Å²) in [4.78, 5) is 12.5. The molecule has 5 nitrogen and oxygen atoms in total. The van der Waals surface area contributed by atoms with E-state index in [1.807, 2.05) is 32.0 Å². The van der Waals surface area contributed by atoms with Gasteiger partial charge in [0.05, 0.1) is 17.9 Å². The minimum atomic E-state index is -3.33. The maximum absolute atomic E-state index is 12.5. The summed E-state index contributed by atoms with van der Waals surface area (Å²) < 4.78 is 26.0. The van der Waals surface area contributed by atoms with E-state index in [1.54, 1.807) is 24.3 Å². The van der Waals surface area contributed by atoms with Gasteiger partial charge in [-0.2, -0.15) is 0 Å². The lowest BCUT2D eigenvalue weighted by molar-refractivity contribution is 0.0939. The van der Waals surface area contributed by atoms with Crippen molar-refractivity contribution in [3.05, 3.63) is 62.7 Å². The van der Waals surface area contributed by atoms with Crippen molar-refractivity contribution in [3.63, 3.8) is 0 Å². The summed E-state index contributed by atoms with van der Waals surface area (Å²) in [6.45, 7) is 3.82. The maximum Gasteiger partial charge on any atom is 0.252 e. The van der Waals surface area contributed by atoms with Crippen LogP contribution in [0.15, 0.2) is 42.5 Å². The first kappa shape index (κ1) is 18.7. The highest BCUT2D eigenvalue weighted by molar-refractivity contribution is 14.1. The molecule has 0 aliphatic carbocycles. The minimum absolute atomic E-state index is 0.155. The van der Waals surface area contributed by atoms with Gasteiger partial charge in [-0.1, -0.05) is 24.3 Å². The second-order valence-corrected chi connectivity index (χ2v) is 8.46. The summed E-state index contributed by atoms with van der Waals surface area (Å²) in [6.07, 6.45) is 1.10. The van der Waals surface area contributed by atoms with Crippen molar-refractivity contribution in [1.29, 1.82) is 0 Å². The molecule has 24 heavy (non-hydrogen) atoms. The van der Waals surface area contributed by atoms with Crippen LogP contribution in [0.4, 0.5) is 5.69 Å². The lowest BCUT2D eigenvalue weighted by Crippen LogP contribution is -2.27. The SMILES string of the molecule is Cc1cccc(C(=O)NC(C)c2cccc(NS(C)(=O)=O)c2)c1I. The van der Waals surface area contributed by atoms with Crippen molar-refractivity contribution in [2.24, 2.45) is 0 Å². The largest absolute Gasteiger partial charge is 0.345 e. The molecule has 0 saturated carbocycles. The lowest BCUT2D eigenvalue weighted by Gasteiger charge is -2.16. The Morgan fingerprint density at radius 3 is 2.50 bits per heavy atom. The Kier molecular flexibility index (Phi) is 5.87. The molecule has 1 amide bonds. The van der Waals surface area contributed by atoms with Crippen LogP contribution in [-0.2, 0) is 10.0 Å². The molecular formula is C17H19IN2O3S. The first-order valence-corrected chi connectivity index (χ1v) is 10.3. The van der Waals surface area contributed by atoms with Gasteiger partial charge >= 0.3 is 0 Å². The van der Waals surface area contributed by atoms with Crippen molar-refractivity contribution >= 4 is 44.2 Å². The summed E-state index contributed by atoms with van der Waals surface area (Å²) >= 11 is 2.16. The molecule has 0 fully saturated rings. The molecule has 7 heteroatoms. The van der Waals surface area contributed by atoms with Gasteiger partial charge < -0.3 is 5.32 Å². The van der Waals surface area contributed by atoms with E-state index in [0.717, 1.165) is 21.0 Å². The van der Waals surface area contributed by atoms with E-state index in [2.05, 4.69) is 32.6 Å². The minimum Gasteiger partial charge on any atom is -0.345 e. The fourth-order valence-electron chi connectivity index (χ4n) is 2.27. The molecule has 0 bridgehead atoms. The molecule has 128 valence electrons. The van der Waals surface area contributed by atoms with Gasteiger partial charge in [0.1, 0.15) is 0 Å². The van der Waals surface area contributed by atoms with Gasteiger partial charge in [0.2, 0.25) is 10.0 Å². The van der Waals surface area contributed by atoms with Gasteiger partial charge in [0.15, 0.2) is 0 Å². The van der Waals surface area contributed by atoms with Gasteiger partial charge in [-0.15, -0.1) is 0 Å². The average Bonchev–Trinajstić information content (AvgIpc) is 2.48. The molecule has 2 aromatic carbocycles. The molecule has 1 unspecified atom stereocenters. The molecule has 2 rings (SSSR count). The number of carbonyl (C=O) groups is 1. The number of hydrogen-bond acceptors (Lipinski definition) is 3. The number of aryl methyl sites for hydroxylation is 1. The third-order valence-electron chi connectivity index (χ3n) is 3.47. The van der Waals surface area contributed by atoms with Crippen LogP contribution in [-0.4, -0.2) is 20.6 Å². The van der Waals surface area contributed by atoms with Gasteiger partial charge in [-0.3, -0.25) is 9.52 Å². The molecule has 0 aromatic heterocycles. The number of sulfonamides is 1. The number of halogens is 1. The molecule has 2 N–H and O–H groups in total. The summed E-state index contributed by atoms with van der Waals surface area (Å²) in [5.41, 5.74) is 2.98. The first-order chi connectivity index (χ1) is 11.2. The highest BCUT2D eigenvalue weighted by atomic mass is 127. The molecule has 0 radical (unpaired) electrons. The number of anilines is 1. The van der Waals surface area contributed by atoms with Crippen molar-refractivity contribution in [1.82, 2.24) is 5.32 Å². The summed E-state index contributed by atoms with van der Waals surface area (Å²) in [6, 6.07) is 12.3. The second kappa shape index (κ2) is 7.52. The Labute approximate surface area is 156 Å². The second-order valence-electron chi connectivity index (χ2n) is 5.63. The van der Waals surface area contributed by atoms with Gasteiger partial charge in [-0.05, 0) is 65.8 Å². The molecule has 0 saturated heterocycles. The molecule has 0 heterocycles. The maximum atomic E-state index is 12.5. The van der Waals surface area contributed by atoms with Crippen LogP contribution in [0.1, 0.15) is 34.5 Å². The van der Waals surface area contributed by atoms with E-state index in [1.165, 1.54) is 0 Å². The van der Waals surface area contributed by atoms with Crippen LogP contribution in [0, 0.1) is 10.5 Å². The van der Waals surface area contributed by atoms with Crippen molar-refractivity contribution in [2.45, 2.75) is 19.9 Å². The third-order valence-corrected chi connectivity index (χ3v) is 5.51. The number of benzene rings is 2. The molecular weight excluding hydrogens is 439 g/mol. The molecule has 0 spiro atoms. The molecule has 0 aliphatic rings. The predicted molar refractivity (Wildman–Crippen MR) is 105 cm³/mol. The Morgan fingerprint density at radius 1 is 1.17 bits per heavy atom. The lowest BCUT2D eigenvalue weighted by atomic mass is 10.1. The number of amides is 1.